The summed E-state index contributed by atoms with van der Waals surface area (Å²) in [6.07, 6.45) is 0. The van der Waals surface area contributed by atoms with Crippen molar-refractivity contribution in [1.29, 1.82) is 0 Å². The SMILES string of the molecule is C=C(C)c1cccc(/C(=N\OC)C(=O)NC)c1CO/N=C(\C)c1ccccc1. The Balaban J connectivity index is 2.40. The summed E-state index contributed by atoms with van der Waals surface area (Å²) >= 11 is 0. The molecular formula is C22H25N3O3. The van der Waals surface area contributed by atoms with Gasteiger partial charge in [-0.3, -0.25) is 4.79 Å². The molecule has 2 aromatic rings. The van der Waals surface area contributed by atoms with Crippen LogP contribution >= 0.6 is 0 Å². The highest BCUT2D eigenvalue weighted by atomic mass is 16.6. The molecule has 0 saturated carbocycles. The van der Waals surface area contributed by atoms with Gasteiger partial charge in [0.1, 0.15) is 13.7 Å². The first-order chi connectivity index (χ1) is 13.5. The highest BCUT2D eigenvalue weighted by Crippen LogP contribution is 2.23. The lowest BCUT2D eigenvalue weighted by atomic mass is 9.94. The summed E-state index contributed by atoms with van der Waals surface area (Å²) in [7, 11) is 2.94. The zero-order chi connectivity index (χ0) is 20.5. The van der Waals surface area contributed by atoms with Gasteiger partial charge in [0.05, 0.1) is 5.71 Å². The molecular weight excluding hydrogens is 354 g/mol. The molecule has 6 heteroatoms. The van der Waals surface area contributed by atoms with Gasteiger partial charge in [0, 0.05) is 18.2 Å². The van der Waals surface area contributed by atoms with Gasteiger partial charge in [0.15, 0.2) is 5.71 Å². The molecule has 6 nitrogen and oxygen atoms in total. The molecule has 0 atom stereocenters. The van der Waals surface area contributed by atoms with Crippen LogP contribution in [-0.4, -0.2) is 31.5 Å². The Kier molecular flexibility index (Phi) is 7.51. The van der Waals surface area contributed by atoms with Gasteiger partial charge in [0.2, 0.25) is 0 Å². The van der Waals surface area contributed by atoms with E-state index in [4.69, 9.17) is 9.68 Å². The number of allylic oxidation sites excluding steroid dienone is 1. The number of rotatable bonds is 8. The van der Waals surface area contributed by atoms with Gasteiger partial charge in [-0.2, -0.15) is 0 Å². The number of hydrogen-bond acceptors (Lipinski definition) is 5. The third-order valence-electron chi connectivity index (χ3n) is 4.12. The van der Waals surface area contributed by atoms with Gasteiger partial charge in [-0.05, 0) is 25.0 Å². The molecule has 0 aromatic heterocycles. The lowest BCUT2D eigenvalue weighted by molar-refractivity contribution is -0.114. The van der Waals surface area contributed by atoms with E-state index in [2.05, 4.69) is 22.2 Å². The average Bonchev–Trinajstić information content (AvgIpc) is 2.72. The number of oxime groups is 2. The summed E-state index contributed by atoms with van der Waals surface area (Å²) < 4.78 is 0. The molecule has 0 aliphatic rings. The molecule has 1 amide bonds. The number of nitrogens with one attached hydrogen (secondary N) is 1. The van der Waals surface area contributed by atoms with Gasteiger partial charge >= 0.3 is 0 Å². The van der Waals surface area contributed by atoms with Crippen LogP contribution in [0.4, 0.5) is 0 Å². The molecule has 0 saturated heterocycles. The molecule has 0 spiro atoms. The van der Waals surface area contributed by atoms with Crippen LogP contribution in [0.3, 0.4) is 0 Å². The largest absolute Gasteiger partial charge is 0.398 e. The smallest absolute Gasteiger partial charge is 0.273 e. The monoisotopic (exact) mass is 379 g/mol. The van der Waals surface area contributed by atoms with Gasteiger partial charge < -0.3 is 15.0 Å². The molecule has 1 N–H and O–H groups in total. The van der Waals surface area contributed by atoms with Crippen LogP contribution in [0, 0.1) is 0 Å². The molecule has 0 aliphatic carbocycles. The van der Waals surface area contributed by atoms with Crippen molar-refractivity contribution < 1.29 is 14.5 Å². The second kappa shape index (κ2) is 10.1. The van der Waals surface area contributed by atoms with Crippen LogP contribution in [0.15, 0.2) is 65.4 Å². The van der Waals surface area contributed by atoms with Crippen molar-refractivity contribution in [2.75, 3.05) is 14.2 Å². The highest BCUT2D eigenvalue weighted by Gasteiger charge is 2.20. The third-order valence-corrected chi connectivity index (χ3v) is 4.12. The van der Waals surface area contributed by atoms with Crippen molar-refractivity contribution in [3.05, 3.63) is 77.4 Å². The molecule has 0 bridgehead atoms. The minimum absolute atomic E-state index is 0.155. The molecule has 0 unspecified atom stereocenters. The van der Waals surface area contributed by atoms with Crippen LogP contribution in [0.25, 0.3) is 5.57 Å². The maximum atomic E-state index is 12.3. The standard InChI is InChI=1S/C22H25N3O3/c1-15(2)18-12-9-13-19(21(25-27-5)22(26)23-4)20(18)14-28-24-16(3)17-10-7-6-8-11-17/h6-13H,1,14H2,2-5H3,(H,23,26)/b24-16+,25-21+. The van der Waals surface area contributed by atoms with E-state index in [1.165, 1.54) is 7.11 Å². The first-order valence-corrected chi connectivity index (χ1v) is 8.83. The van der Waals surface area contributed by atoms with Gasteiger partial charge in [0.25, 0.3) is 5.91 Å². The van der Waals surface area contributed by atoms with Crippen LogP contribution in [0.1, 0.15) is 36.1 Å². The minimum atomic E-state index is -0.356. The summed E-state index contributed by atoms with van der Waals surface area (Å²) in [5.41, 5.74) is 4.98. The summed E-state index contributed by atoms with van der Waals surface area (Å²) in [4.78, 5) is 22.8. The topological polar surface area (TPSA) is 72.3 Å². The van der Waals surface area contributed by atoms with Crippen molar-refractivity contribution in [1.82, 2.24) is 5.32 Å². The Morgan fingerprint density at radius 1 is 1.04 bits per heavy atom. The molecule has 0 aliphatic heterocycles. The Morgan fingerprint density at radius 3 is 2.32 bits per heavy atom. The predicted octanol–water partition coefficient (Wildman–Crippen LogP) is 3.76. The van der Waals surface area contributed by atoms with Crippen molar-refractivity contribution in [2.45, 2.75) is 20.5 Å². The molecule has 0 fully saturated rings. The predicted molar refractivity (Wildman–Crippen MR) is 112 cm³/mol. The van der Waals surface area contributed by atoms with Crippen LogP contribution < -0.4 is 5.32 Å². The summed E-state index contributed by atoms with van der Waals surface area (Å²) in [6, 6.07) is 15.3. The quantitative estimate of drug-likeness (QED) is 0.561. The molecule has 146 valence electrons. The lowest BCUT2D eigenvalue weighted by Crippen LogP contribution is -2.29. The van der Waals surface area contributed by atoms with E-state index in [9.17, 15) is 4.79 Å². The number of nitrogens with zero attached hydrogens (tertiary/aromatic N) is 2. The number of amides is 1. The van der Waals surface area contributed by atoms with E-state index >= 15 is 0 Å². The number of likely N-dealkylation sites (N-methyl/N-ethyl adjacent to an activating group) is 1. The molecule has 2 aromatic carbocycles. The fourth-order valence-corrected chi connectivity index (χ4v) is 2.71. The lowest BCUT2D eigenvalue weighted by Gasteiger charge is -2.15. The fraction of sp³-hybridized carbons (Fsp3) is 0.227. The summed E-state index contributed by atoms with van der Waals surface area (Å²) in [5, 5.41) is 10.7. The molecule has 28 heavy (non-hydrogen) atoms. The van der Waals surface area contributed by atoms with E-state index in [0.29, 0.717) is 5.56 Å². The van der Waals surface area contributed by atoms with Crippen molar-refractivity contribution >= 4 is 22.9 Å². The Bertz CT molecular complexity index is 902. The Morgan fingerprint density at radius 2 is 1.71 bits per heavy atom. The third kappa shape index (κ3) is 5.07. The van der Waals surface area contributed by atoms with Crippen LogP contribution in [-0.2, 0) is 21.1 Å². The maximum Gasteiger partial charge on any atom is 0.273 e. The van der Waals surface area contributed by atoms with Gasteiger partial charge in [-0.25, -0.2) is 0 Å². The second-order valence-corrected chi connectivity index (χ2v) is 6.13. The first-order valence-electron chi connectivity index (χ1n) is 8.83. The zero-order valence-corrected chi connectivity index (χ0v) is 16.7. The van der Waals surface area contributed by atoms with Gasteiger partial charge in [-0.15, -0.1) is 0 Å². The van der Waals surface area contributed by atoms with Crippen molar-refractivity contribution in [3.63, 3.8) is 0 Å². The normalized spacial score (nSPS) is 11.7. The number of carbonyl (C=O) groups is 1. The average molecular weight is 379 g/mol. The second-order valence-electron chi connectivity index (χ2n) is 6.13. The fourth-order valence-electron chi connectivity index (χ4n) is 2.71. The minimum Gasteiger partial charge on any atom is -0.398 e. The summed E-state index contributed by atoms with van der Waals surface area (Å²) in [5.74, 6) is -0.356. The van der Waals surface area contributed by atoms with E-state index in [0.717, 1.165) is 28.0 Å². The van der Waals surface area contributed by atoms with Crippen molar-refractivity contribution in [3.8, 4) is 0 Å². The Labute approximate surface area is 165 Å². The van der Waals surface area contributed by atoms with E-state index in [-0.39, 0.29) is 18.2 Å². The van der Waals surface area contributed by atoms with E-state index in [1.807, 2.05) is 56.3 Å². The van der Waals surface area contributed by atoms with Crippen LogP contribution in [0.5, 0.6) is 0 Å². The van der Waals surface area contributed by atoms with Gasteiger partial charge in [-0.1, -0.05) is 71.0 Å². The van der Waals surface area contributed by atoms with E-state index in [1.54, 1.807) is 13.1 Å². The number of benzene rings is 2. The first kappa shape index (κ1) is 20.9. The number of hydrogen-bond donors (Lipinski definition) is 1. The maximum absolute atomic E-state index is 12.3. The van der Waals surface area contributed by atoms with E-state index < -0.39 is 0 Å². The summed E-state index contributed by atoms with van der Waals surface area (Å²) in [6.45, 7) is 7.96. The molecule has 2 rings (SSSR count). The molecule has 0 radical (unpaired) electrons. The zero-order valence-electron chi connectivity index (χ0n) is 16.7. The van der Waals surface area contributed by atoms with Crippen molar-refractivity contribution in [2.24, 2.45) is 10.3 Å². The Hall–Kier alpha value is -3.41. The highest BCUT2D eigenvalue weighted by molar-refractivity contribution is 6.45. The van der Waals surface area contributed by atoms with Crippen LogP contribution in [0.2, 0.25) is 0 Å². The number of carbonyl (C=O) groups excluding carboxylic acids is 1. The molecule has 0 heterocycles.